The third kappa shape index (κ3) is 3.42. The number of carbonyl (C=O) groups excluding carboxylic acids is 2. The fourth-order valence-corrected chi connectivity index (χ4v) is 3.54. The van der Waals surface area contributed by atoms with E-state index in [-0.39, 0.29) is 11.5 Å². The summed E-state index contributed by atoms with van der Waals surface area (Å²) in [4.78, 5) is 28.3. The summed E-state index contributed by atoms with van der Waals surface area (Å²) < 4.78 is 27.2. The molecule has 1 aliphatic rings. The van der Waals surface area contributed by atoms with Gasteiger partial charge >= 0.3 is 0 Å². The topological polar surface area (TPSA) is 40.6 Å². The summed E-state index contributed by atoms with van der Waals surface area (Å²) in [5, 5.41) is 0. The Morgan fingerprint density at radius 2 is 1.58 bits per heavy atom. The van der Waals surface area contributed by atoms with E-state index in [4.69, 9.17) is 11.6 Å². The lowest BCUT2D eigenvalue weighted by Gasteiger charge is -2.34. The first-order valence-electron chi connectivity index (χ1n) is 7.24. The number of carbonyl (C=O) groups is 2. The van der Waals surface area contributed by atoms with Crippen LogP contribution < -0.4 is 0 Å². The largest absolute Gasteiger partial charge is 0.335 e. The fraction of sp³-hybridized carbons (Fsp3) is 0.250. The average Bonchev–Trinajstić information content (AvgIpc) is 3.00. The second-order valence-corrected chi connectivity index (χ2v) is 7.03. The van der Waals surface area contributed by atoms with E-state index in [1.54, 1.807) is 17.0 Å². The van der Waals surface area contributed by atoms with Gasteiger partial charge in [-0.2, -0.15) is 0 Å². The van der Waals surface area contributed by atoms with Crippen molar-refractivity contribution in [3.8, 4) is 0 Å². The third-order valence-corrected chi connectivity index (χ3v) is 5.02. The number of hydrogen-bond acceptors (Lipinski definition) is 3. The molecule has 1 aromatic carbocycles. The molecule has 1 aliphatic heterocycles. The molecule has 0 aliphatic carbocycles. The lowest BCUT2D eigenvalue weighted by molar-refractivity contribution is 0.0535. The van der Waals surface area contributed by atoms with Crippen LogP contribution in [-0.4, -0.2) is 47.8 Å². The Hall–Kier alpha value is -1.99. The van der Waals surface area contributed by atoms with Crippen LogP contribution in [0.15, 0.2) is 30.3 Å². The highest BCUT2D eigenvalue weighted by Crippen LogP contribution is 2.23. The smallest absolute Gasteiger partial charge is 0.264 e. The Kier molecular flexibility index (Phi) is 4.82. The van der Waals surface area contributed by atoms with E-state index >= 15 is 0 Å². The number of piperazine rings is 1. The Balaban J connectivity index is 1.64. The minimum atomic E-state index is -0.883. The Morgan fingerprint density at radius 1 is 0.958 bits per heavy atom. The van der Waals surface area contributed by atoms with Crippen LogP contribution in [0.5, 0.6) is 0 Å². The minimum absolute atomic E-state index is 0.132. The van der Waals surface area contributed by atoms with E-state index in [2.05, 4.69) is 0 Å². The van der Waals surface area contributed by atoms with Gasteiger partial charge in [0, 0.05) is 32.2 Å². The van der Waals surface area contributed by atoms with Gasteiger partial charge in [0.1, 0.15) is 11.6 Å². The molecule has 0 N–H and O–H groups in total. The van der Waals surface area contributed by atoms with Crippen LogP contribution in [-0.2, 0) is 0 Å². The SMILES string of the molecule is O=C(c1ccc(Cl)s1)N1CCN(C(=O)c2ccc(F)cc2F)CC1. The molecule has 0 bridgehead atoms. The normalized spacial score (nSPS) is 14.8. The van der Waals surface area contributed by atoms with Crippen molar-refractivity contribution in [2.75, 3.05) is 26.2 Å². The van der Waals surface area contributed by atoms with Crippen molar-refractivity contribution >= 4 is 34.8 Å². The highest BCUT2D eigenvalue weighted by Gasteiger charge is 2.27. The summed E-state index contributed by atoms with van der Waals surface area (Å²) in [6.45, 7) is 1.28. The van der Waals surface area contributed by atoms with E-state index in [9.17, 15) is 18.4 Å². The van der Waals surface area contributed by atoms with Crippen LogP contribution in [0.3, 0.4) is 0 Å². The number of hydrogen-bond donors (Lipinski definition) is 0. The maximum atomic E-state index is 13.7. The molecule has 24 heavy (non-hydrogen) atoms. The number of benzene rings is 1. The van der Waals surface area contributed by atoms with Gasteiger partial charge in [-0.25, -0.2) is 8.78 Å². The van der Waals surface area contributed by atoms with Crippen molar-refractivity contribution in [1.82, 2.24) is 9.80 Å². The van der Waals surface area contributed by atoms with Crippen molar-refractivity contribution in [2.24, 2.45) is 0 Å². The summed E-state index contributed by atoms with van der Waals surface area (Å²) in [6.07, 6.45) is 0. The maximum absolute atomic E-state index is 13.7. The molecule has 2 aromatic rings. The molecule has 126 valence electrons. The molecule has 0 radical (unpaired) electrons. The highest BCUT2D eigenvalue weighted by molar-refractivity contribution is 7.17. The lowest BCUT2D eigenvalue weighted by Crippen LogP contribution is -2.50. The van der Waals surface area contributed by atoms with Gasteiger partial charge in [0.2, 0.25) is 0 Å². The van der Waals surface area contributed by atoms with Crippen LogP contribution in [0.4, 0.5) is 8.78 Å². The van der Waals surface area contributed by atoms with Gasteiger partial charge in [-0.1, -0.05) is 11.6 Å². The number of rotatable bonds is 2. The van der Waals surface area contributed by atoms with Gasteiger partial charge in [-0.15, -0.1) is 11.3 Å². The molecular formula is C16H13ClF2N2O2S. The lowest BCUT2D eigenvalue weighted by atomic mass is 10.1. The molecule has 1 aromatic heterocycles. The molecule has 0 atom stereocenters. The molecule has 1 saturated heterocycles. The Morgan fingerprint density at radius 3 is 2.12 bits per heavy atom. The van der Waals surface area contributed by atoms with Gasteiger partial charge in [-0.05, 0) is 24.3 Å². The predicted molar refractivity (Wildman–Crippen MR) is 87.5 cm³/mol. The number of thiophene rings is 1. The average molecular weight is 371 g/mol. The zero-order valence-electron chi connectivity index (χ0n) is 12.5. The molecule has 8 heteroatoms. The number of halogens is 3. The van der Waals surface area contributed by atoms with Gasteiger partial charge < -0.3 is 9.80 Å². The van der Waals surface area contributed by atoms with Gasteiger partial charge in [0.25, 0.3) is 11.8 Å². The zero-order valence-corrected chi connectivity index (χ0v) is 14.0. The Bertz CT molecular complexity index is 788. The second-order valence-electron chi connectivity index (χ2n) is 5.31. The third-order valence-electron chi connectivity index (χ3n) is 3.80. The summed E-state index contributed by atoms with van der Waals surface area (Å²) in [5.74, 6) is -2.24. The standard InChI is InChI=1S/C16H13ClF2N2O2S/c17-14-4-3-13(24-14)16(23)21-7-5-20(6-8-21)15(22)11-2-1-10(18)9-12(11)19/h1-4,9H,5-8H2. The van der Waals surface area contributed by atoms with E-state index in [1.165, 1.54) is 16.2 Å². The minimum Gasteiger partial charge on any atom is -0.335 e. The molecule has 3 rings (SSSR count). The second kappa shape index (κ2) is 6.86. The predicted octanol–water partition coefficient (Wildman–Crippen LogP) is 3.28. The fourth-order valence-electron chi connectivity index (χ4n) is 2.53. The summed E-state index contributed by atoms with van der Waals surface area (Å²) in [5.41, 5.74) is -0.166. The Labute approximate surface area is 146 Å². The van der Waals surface area contributed by atoms with Crippen LogP contribution in [0.1, 0.15) is 20.0 Å². The summed E-state index contributed by atoms with van der Waals surface area (Å²) in [7, 11) is 0. The molecule has 2 amide bonds. The number of nitrogens with zero attached hydrogens (tertiary/aromatic N) is 2. The zero-order chi connectivity index (χ0) is 17.3. The molecule has 1 fully saturated rings. The van der Waals surface area contributed by atoms with Crippen molar-refractivity contribution in [3.63, 3.8) is 0 Å². The van der Waals surface area contributed by atoms with E-state index in [1.807, 2.05) is 0 Å². The molecule has 0 spiro atoms. The van der Waals surface area contributed by atoms with Crippen molar-refractivity contribution in [2.45, 2.75) is 0 Å². The van der Waals surface area contributed by atoms with E-state index in [0.29, 0.717) is 41.5 Å². The quantitative estimate of drug-likeness (QED) is 0.814. The van der Waals surface area contributed by atoms with E-state index in [0.717, 1.165) is 12.1 Å². The first-order chi connectivity index (χ1) is 11.5. The highest BCUT2D eigenvalue weighted by atomic mass is 35.5. The molecular weight excluding hydrogens is 358 g/mol. The van der Waals surface area contributed by atoms with Gasteiger partial charge in [0.05, 0.1) is 14.8 Å². The number of amides is 2. The van der Waals surface area contributed by atoms with Crippen molar-refractivity contribution in [3.05, 3.63) is 56.7 Å². The molecule has 4 nitrogen and oxygen atoms in total. The monoisotopic (exact) mass is 370 g/mol. The maximum Gasteiger partial charge on any atom is 0.264 e. The van der Waals surface area contributed by atoms with Crippen molar-refractivity contribution < 1.29 is 18.4 Å². The molecule has 0 saturated carbocycles. The van der Waals surface area contributed by atoms with Crippen molar-refractivity contribution in [1.29, 1.82) is 0 Å². The van der Waals surface area contributed by atoms with Crippen LogP contribution >= 0.6 is 22.9 Å². The van der Waals surface area contributed by atoms with Gasteiger partial charge in [0.15, 0.2) is 0 Å². The van der Waals surface area contributed by atoms with Crippen LogP contribution in [0.25, 0.3) is 0 Å². The first kappa shape index (κ1) is 16.9. The summed E-state index contributed by atoms with van der Waals surface area (Å²) >= 11 is 7.04. The molecule has 0 unspecified atom stereocenters. The first-order valence-corrected chi connectivity index (χ1v) is 8.44. The van der Waals surface area contributed by atoms with Crippen LogP contribution in [0.2, 0.25) is 4.34 Å². The summed E-state index contributed by atoms with van der Waals surface area (Å²) in [6, 6.07) is 6.21. The molecule has 2 heterocycles. The van der Waals surface area contributed by atoms with Gasteiger partial charge in [-0.3, -0.25) is 9.59 Å². The van der Waals surface area contributed by atoms with Crippen LogP contribution in [0, 0.1) is 11.6 Å². The van der Waals surface area contributed by atoms with E-state index < -0.39 is 17.5 Å².